The summed E-state index contributed by atoms with van der Waals surface area (Å²) in [5.41, 5.74) is 5.34. The Morgan fingerprint density at radius 3 is 1.31 bits per heavy atom. The van der Waals surface area contributed by atoms with Gasteiger partial charge in [-0.3, -0.25) is 23.4 Å². The maximum absolute atomic E-state index is 12.7. The molecule has 0 aliphatic carbocycles. The van der Waals surface area contributed by atoms with Crippen LogP contribution in [0, 0.1) is 0 Å². The summed E-state index contributed by atoms with van der Waals surface area (Å²) >= 11 is 0. The molecule has 11 nitrogen and oxygen atoms in total. The van der Waals surface area contributed by atoms with Gasteiger partial charge in [0.1, 0.15) is 12.6 Å². The lowest BCUT2D eigenvalue weighted by Gasteiger charge is -2.20. The summed E-state index contributed by atoms with van der Waals surface area (Å²) in [6, 6.07) is -1.52. The fraction of sp³-hybridized carbons (Fsp3) is 0.848. The number of rotatable bonds is 44. The van der Waals surface area contributed by atoms with Crippen LogP contribution in [0.1, 0.15) is 219 Å². The monoisotopic (exact) mass is 844 g/mol. The third kappa shape index (κ3) is 40.7. The number of carbonyl (C=O) groups is 3. The summed E-state index contributed by atoms with van der Waals surface area (Å²) in [5, 5.41) is 8.90. The zero-order chi connectivity index (χ0) is 42.8. The highest BCUT2D eigenvalue weighted by molar-refractivity contribution is 7.47. The van der Waals surface area contributed by atoms with E-state index in [1.165, 1.54) is 141 Å². The van der Waals surface area contributed by atoms with Gasteiger partial charge >= 0.3 is 25.7 Å². The number of allylic oxidation sites excluding steroid dienone is 4. The second kappa shape index (κ2) is 41.7. The van der Waals surface area contributed by atoms with E-state index >= 15 is 0 Å². The molecule has 0 fully saturated rings. The molecule has 3 atom stereocenters. The predicted octanol–water partition coefficient (Wildman–Crippen LogP) is 12.6. The Labute approximate surface area is 353 Å². The lowest BCUT2D eigenvalue weighted by molar-refractivity contribution is -0.161. The molecule has 0 saturated carbocycles. The number of carboxylic acid groups (broad SMARTS) is 1. The van der Waals surface area contributed by atoms with Crippen molar-refractivity contribution in [2.75, 3.05) is 19.8 Å². The van der Waals surface area contributed by atoms with Crippen molar-refractivity contribution in [3.05, 3.63) is 24.3 Å². The molecule has 0 radical (unpaired) electrons. The number of ether oxygens (including phenoxy) is 2. The summed E-state index contributed by atoms with van der Waals surface area (Å²) in [6.07, 6.45) is 43.8. The third-order valence-corrected chi connectivity index (χ3v) is 11.1. The molecule has 340 valence electrons. The third-order valence-electron chi connectivity index (χ3n) is 10.2. The minimum Gasteiger partial charge on any atom is -0.480 e. The van der Waals surface area contributed by atoms with Crippen molar-refractivity contribution in [1.82, 2.24) is 0 Å². The number of phosphoric ester groups is 1. The van der Waals surface area contributed by atoms with Gasteiger partial charge in [-0.05, 0) is 57.8 Å². The highest BCUT2D eigenvalue weighted by atomic mass is 31.2. The number of hydrogen-bond acceptors (Lipinski definition) is 9. The van der Waals surface area contributed by atoms with E-state index in [4.69, 9.17) is 24.8 Å². The molecule has 0 aliphatic heterocycles. The van der Waals surface area contributed by atoms with Crippen LogP contribution < -0.4 is 5.73 Å². The Morgan fingerprint density at radius 1 is 0.517 bits per heavy atom. The van der Waals surface area contributed by atoms with Crippen molar-refractivity contribution in [3.8, 4) is 0 Å². The molecule has 0 rings (SSSR count). The fourth-order valence-electron chi connectivity index (χ4n) is 6.45. The van der Waals surface area contributed by atoms with Crippen molar-refractivity contribution in [2.45, 2.75) is 231 Å². The summed E-state index contributed by atoms with van der Waals surface area (Å²) in [4.78, 5) is 46.0. The SMILES string of the molecule is CCCC/C=C/CCCCCCCCCCCC(=O)OC[C@H](COP(=O)(O)OC[C@H](N)C(=O)O)OC(=O)CCCCCCCCCCC/C=C/CCCCCCCC. The second-order valence-electron chi connectivity index (χ2n) is 15.9. The fourth-order valence-corrected chi connectivity index (χ4v) is 7.23. The Kier molecular flexibility index (Phi) is 40.2. The number of carbonyl (C=O) groups excluding carboxylic acids is 2. The Balaban J connectivity index is 4.29. The van der Waals surface area contributed by atoms with E-state index in [2.05, 4.69) is 42.7 Å². The number of nitrogens with two attached hydrogens (primary N) is 1. The van der Waals surface area contributed by atoms with Gasteiger partial charge in [0.2, 0.25) is 0 Å². The number of hydrogen-bond donors (Lipinski definition) is 3. The van der Waals surface area contributed by atoms with Crippen LogP contribution in [-0.4, -0.2) is 59.9 Å². The average Bonchev–Trinajstić information content (AvgIpc) is 3.20. The van der Waals surface area contributed by atoms with Crippen LogP contribution in [0.3, 0.4) is 0 Å². The molecule has 0 aliphatic rings. The topological polar surface area (TPSA) is 172 Å². The van der Waals surface area contributed by atoms with Crippen molar-refractivity contribution in [3.63, 3.8) is 0 Å². The molecule has 0 heterocycles. The highest BCUT2D eigenvalue weighted by Crippen LogP contribution is 2.43. The molecular weight excluding hydrogens is 757 g/mol. The Morgan fingerprint density at radius 2 is 0.879 bits per heavy atom. The van der Waals surface area contributed by atoms with Crippen molar-refractivity contribution in [2.24, 2.45) is 5.73 Å². The molecule has 0 saturated heterocycles. The van der Waals surface area contributed by atoms with E-state index in [0.29, 0.717) is 12.8 Å². The minimum absolute atomic E-state index is 0.161. The van der Waals surface area contributed by atoms with E-state index in [1.807, 2.05) is 0 Å². The molecule has 58 heavy (non-hydrogen) atoms. The Hall–Kier alpha value is -2.04. The van der Waals surface area contributed by atoms with Gasteiger partial charge in [-0.2, -0.15) is 0 Å². The van der Waals surface area contributed by atoms with Gasteiger partial charge in [-0.15, -0.1) is 0 Å². The molecular formula is C46H86NO10P. The maximum atomic E-state index is 12.7. The first-order chi connectivity index (χ1) is 28.1. The van der Waals surface area contributed by atoms with Crippen LogP contribution in [0.2, 0.25) is 0 Å². The first-order valence-corrected chi connectivity index (χ1v) is 24.9. The summed E-state index contributed by atoms with van der Waals surface area (Å²) in [6.45, 7) is 2.79. The van der Waals surface area contributed by atoms with Crippen LogP contribution in [0.25, 0.3) is 0 Å². The predicted molar refractivity (Wildman–Crippen MR) is 236 cm³/mol. The number of esters is 2. The molecule has 0 bridgehead atoms. The number of unbranched alkanes of at least 4 members (excludes halogenated alkanes) is 26. The van der Waals surface area contributed by atoms with E-state index in [0.717, 1.165) is 38.5 Å². The summed E-state index contributed by atoms with van der Waals surface area (Å²) in [5.74, 6) is -2.37. The molecule has 12 heteroatoms. The minimum atomic E-state index is -4.72. The van der Waals surface area contributed by atoms with Gasteiger partial charge < -0.3 is 25.2 Å². The van der Waals surface area contributed by atoms with E-state index in [9.17, 15) is 23.8 Å². The van der Waals surface area contributed by atoms with E-state index in [1.54, 1.807) is 0 Å². The van der Waals surface area contributed by atoms with Gasteiger partial charge in [0.25, 0.3) is 0 Å². The number of aliphatic carboxylic acids is 1. The van der Waals surface area contributed by atoms with Gasteiger partial charge in [0.15, 0.2) is 6.10 Å². The Bertz CT molecular complexity index is 1080. The number of phosphoric acid groups is 1. The van der Waals surface area contributed by atoms with Gasteiger partial charge in [-0.1, -0.05) is 173 Å². The van der Waals surface area contributed by atoms with Crippen LogP contribution in [-0.2, 0) is 37.5 Å². The molecule has 0 aromatic rings. The van der Waals surface area contributed by atoms with Gasteiger partial charge in [0, 0.05) is 12.8 Å². The maximum Gasteiger partial charge on any atom is 0.472 e. The quantitative estimate of drug-likeness (QED) is 0.0231. The lowest BCUT2D eigenvalue weighted by Crippen LogP contribution is -2.34. The number of carboxylic acids is 1. The first kappa shape index (κ1) is 56.0. The van der Waals surface area contributed by atoms with E-state index < -0.39 is 51.1 Å². The standard InChI is InChI=1S/C46H86NO10P/c1-3-5-7-9-11-13-15-17-19-20-21-22-24-26-28-30-32-34-36-38-45(49)57-42(40-55-58(52,53)56-41-43(47)46(50)51)39-54-44(48)37-35-33-31-29-27-25-23-18-16-14-12-10-8-6-4-2/h10,12,17,19,42-43H,3-9,11,13-16,18,20-41,47H2,1-2H3,(H,50,51)(H,52,53)/b12-10+,19-17+/t42-,43+/m1/s1. The molecule has 0 aromatic carbocycles. The zero-order valence-corrected chi connectivity index (χ0v) is 37.8. The molecule has 0 aromatic heterocycles. The average molecular weight is 844 g/mol. The van der Waals surface area contributed by atoms with Crippen LogP contribution in [0.5, 0.6) is 0 Å². The molecule has 4 N–H and O–H groups in total. The van der Waals surface area contributed by atoms with Gasteiger partial charge in [0.05, 0.1) is 13.2 Å². The van der Waals surface area contributed by atoms with Crippen molar-refractivity contribution >= 4 is 25.7 Å². The molecule has 1 unspecified atom stereocenters. The van der Waals surface area contributed by atoms with E-state index in [-0.39, 0.29) is 19.4 Å². The van der Waals surface area contributed by atoms with Crippen LogP contribution in [0.15, 0.2) is 24.3 Å². The second-order valence-corrected chi connectivity index (χ2v) is 17.3. The smallest absolute Gasteiger partial charge is 0.472 e. The summed E-state index contributed by atoms with van der Waals surface area (Å²) in [7, 11) is -4.72. The largest absolute Gasteiger partial charge is 0.480 e. The van der Waals surface area contributed by atoms with Crippen LogP contribution >= 0.6 is 7.82 Å². The van der Waals surface area contributed by atoms with Crippen molar-refractivity contribution < 1.29 is 47.5 Å². The normalized spacial score (nSPS) is 13.9. The van der Waals surface area contributed by atoms with Crippen LogP contribution in [0.4, 0.5) is 0 Å². The van der Waals surface area contributed by atoms with Crippen molar-refractivity contribution in [1.29, 1.82) is 0 Å². The zero-order valence-electron chi connectivity index (χ0n) is 36.9. The lowest BCUT2D eigenvalue weighted by atomic mass is 10.1. The highest BCUT2D eigenvalue weighted by Gasteiger charge is 2.28. The molecule has 0 amide bonds. The molecule has 0 spiro atoms. The van der Waals surface area contributed by atoms with Gasteiger partial charge in [-0.25, -0.2) is 4.57 Å². The summed E-state index contributed by atoms with van der Waals surface area (Å²) < 4.78 is 32.8. The first-order valence-electron chi connectivity index (χ1n) is 23.4.